The molecule has 1 amide bonds. The fourth-order valence-electron chi connectivity index (χ4n) is 3.65. The third-order valence-corrected chi connectivity index (χ3v) is 5.44. The molecule has 4 rings (SSSR count). The fourth-order valence-corrected chi connectivity index (χ4v) is 3.65. The molecule has 1 saturated heterocycles. The summed E-state index contributed by atoms with van der Waals surface area (Å²) >= 11 is 0. The zero-order valence-corrected chi connectivity index (χ0v) is 20.9. The first-order valence-corrected chi connectivity index (χ1v) is 11.0. The van der Waals surface area contributed by atoms with Crippen LogP contribution in [-0.4, -0.2) is 60.1 Å². The Hall–Kier alpha value is -3.05. The molecule has 0 unspecified atom stereocenters. The first-order chi connectivity index (χ1) is 16.5. The lowest BCUT2D eigenvalue weighted by atomic mass is 10.1. The molecule has 3 aromatic rings. The van der Waals surface area contributed by atoms with Gasteiger partial charge in [-0.1, -0.05) is 12.1 Å². The summed E-state index contributed by atoms with van der Waals surface area (Å²) in [6.07, 6.45) is -0.553. The number of carbonyl (C=O) groups excluding carboxylic acids is 1. The van der Waals surface area contributed by atoms with Gasteiger partial charge in [0.15, 0.2) is 11.6 Å². The molecular formula is C24H27Cl2F2N5O3. The molecule has 2 aromatic carbocycles. The number of hydrogen-bond donors (Lipinski definition) is 2. The van der Waals surface area contributed by atoms with E-state index < -0.39 is 17.7 Å². The van der Waals surface area contributed by atoms with Crippen LogP contribution in [0.5, 0.6) is 0 Å². The van der Waals surface area contributed by atoms with E-state index in [1.165, 1.54) is 22.9 Å². The predicted octanol–water partition coefficient (Wildman–Crippen LogP) is 3.53. The summed E-state index contributed by atoms with van der Waals surface area (Å²) in [5.74, 6) is -1.95. The zero-order chi connectivity index (χ0) is 23.9. The Morgan fingerprint density at radius 2 is 1.81 bits per heavy atom. The second kappa shape index (κ2) is 13.9. The molecule has 2 heterocycles. The number of benzene rings is 2. The van der Waals surface area contributed by atoms with Crippen LogP contribution in [0.3, 0.4) is 0 Å². The minimum Gasteiger partial charge on any atom is -0.448 e. The Bertz CT molecular complexity index is 1220. The average molecular weight is 542 g/mol. The lowest BCUT2D eigenvalue weighted by molar-refractivity contribution is 0.134. The number of ether oxygens (including phenoxy) is 1. The Labute approximate surface area is 219 Å². The van der Waals surface area contributed by atoms with Gasteiger partial charge in [-0.25, -0.2) is 18.3 Å². The minimum absolute atomic E-state index is 0. The molecule has 0 spiro atoms. The lowest BCUT2D eigenvalue weighted by Crippen LogP contribution is -2.44. The van der Waals surface area contributed by atoms with Gasteiger partial charge >= 0.3 is 6.09 Å². The quantitative estimate of drug-likeness (QED) is 0.475. The molecule has 0 aliphatic carbocycles. The molecule has 36 heavy (non-hydrogen) atoms. The van der Waals surface area contributed by atoms with Crippen molar-refractivity contribution in [2.75, 3.05) is 44.6 Å². The van der Waals surface area contributed by atoms with Crippen LogP contribution in [0.2, 0.25) is 0 Å². The molecule has 1 aliphatic heterocycles. The average Bonchev–Trinajstić information content (AvgIpc) is 2.83. The highest BCUT2D eigenvalue weighted by Gasteiger charge is 2.11. The van der Waals surface area contributed by atoms with E-state index in [1.54, 1.807) is 24.3 Å². The van der Waals surface area contributed by atoms with Crippen LogP contribution in [0, 0.1) is 11.6 Å². The molecule has 2 N–H and O–H groups in total. The van der Waals surface area contributed by atoms with Crippen molar-refractivity contribution in [3.8, 4) is 11.3 Å². The Balaban J connectivity index is 0.00000228. The van der Waals surface area contributed by atoms with E-state index in [9.17, 15) is 18.4 Å². The number of anilines is 1. The van der Waals surface area contributed by atoms with Crippen molar-refractivity contribution in [2.24, 2.45) is 0 Å². The first-order valence-electron chi connectivity index (χ1n) is 11.0. The van der Waals surface area contributed by atoms with Crippen molar-refractivity contribution in [3.63, 3.8) is 0 Å². The number of carbonyl (C=O) groups is 1. The van der Waals surface area contributed by atoms with E-state index >= 15 is 0 Å². The molecule has 1 aliphatic rings. The largest absolute Gasteiger partial charge is 0.448 e. The maximum atomic E-state index is 13.6. The highest BCUT2D eigenvalue weighted by atomic mass is 35.5. The van der Waals surface area contributed by atoms with Gasteiger partial charge in [0.05, 0.1) is 12.2 Å². The Morgan fingerprint density at radius 3 is 2.56 bits per heavy atom. The Morgan fingerprint density at radius 1 is 1.03 bits per heavy atom. The normalized spacial score (nSPS) is 13.3. The summed E-state index contributed by atoms with van der Waals surface area (Å²) in [7, 11) is 0. The summed E-state index contributed by atoms with van der Waals surface area (Å²) < 4.78 is 33.3. The summed E-state index contributed by atoms with van der Waals surface area (Å²) in [6.45, 7) is 4.82. The highest BCUT2D eigenvalue weighted by molar-refractivity contribution is 5.86. The molecule has 12 heteroatoms. The van der Waals surface area contributed by atoms with Crippen molar-refractivity contribution in [1.29, 1.82) is 0 Å². The second-order valence-corrected chi connectivity index (χ2v) is 7.90. The van der Waals surface area contributed by atoms with Gasteiger partial charge in [-0.05, 0) is 42.0 Å². The van der Waals surface area contributed by atoms with Crippen molar-refractivity contribution < 1.29 is 18.3 Å². The van der Waals surface area contributed by atoms with Crippen molar-refractivity contribution in [3.05, 3.63) is 82.1 Å². The number of amides is 1. The van der Waals surface area contributed by atoms with E-state index in [0.717, 1.165) is 43.9 Å². The zero-order valence-electron chi connectivity index (χ0n) is 19.3. The van der Waals surface area contributed by atoms with Gasteiger partial charge in [-0.15, -0.1) is 24.8 Å². The SMILES string of the molecule is Cl.Cl.O=C(Nc1cccc(Cn2nc(-c3ccc(F)c(F)c3)ccc2=O)c1)OCCN1CCNCC1. The van der Waals surface area contributed by atoms with Crippen LogP contribution in [0.4, 0.5) is 19.3 Å². The van der Waals surface area contributed by atoms with Gasteiger partial charge in [0.1, 0.15) is 6.61 Å². The monoisotopic (exact) mass is 541 g/mol. The molecule has 0 atom stereocenters. The lowest BCUT2D eigenvalue weighted by Gasteiger charge is -2.26. The van der Waals surface area contributed by atoms with Gasteiger partial charge in [-0.3, -0.25) is 15.0 Å². The van der Waals surface area contributed by atoms with E-state index in [4.69, 9.17) is 4.74 Å². The number of halogens is 4. The smallest absolute Gasteiger partial charge is 0.411 e. The first kappa shape index (κ1) is 29.2. The number of piperazine rings is 1. The Kier molecular flexibility index (Phi) is 11.3. The second-order valence-electron chi connectivity index (χ2n) is 7.90. The molecule has 0 bridgehead atoms. The van der Waals surface area contributed by atoms with Gasteiger partial charge in [0, 0.05) is 50.0 Å². The van der Waals surface area contributed by atoms with Gasteiger partial charge in [0.2, 0.25) is 0 Å². The van der Waals surface area contributed by atoms with E-state index in [1.807, 2.05) is 0 Å². The molecule has 0 saturated carbocycles. The number of rotatable bonds is 7. The topological polar surface area (TPSA) is 88.5 Å². The van der Waals surface area contributed by atoms with Crippen LogP contribution in [0.1, 0.15) is 5.56 Å². The van der Waals surface area contributed by atoms with Crippen LogP contribution < -0.4 is 16.2 Å². The van der Waals surface area contributed by atoms with Gasteiger partial charge in [-0.2, -0.15) is 5.10 Å². The predicted molar refractivity (Wildman–Crippen MR) is 138 cm³/mol. The minimum atomic E-state index is -0.990. The van der Waals surface area contributed by atoms with Gasteiger partial charge in [0.25, 0.3) is 5.56 Å². The van der Waals surface area contributed by atoms with Crippen molar-refractivity contribution >= 4 is 36.6 Å². The summed E-state index contributed by atoms with van der Waals surface area (Å²) in [4.78, 5) is 26.7. The van der Waals surface area contributed by atoms with Crippen molar-refractivity contribution in [2.45, 2.75) is 6.54 Å². The molecule has 0 radical (unpaired) electrons. The van der Waals surface area contributed by atoms with E-state index in [0.29, 0.717) is 30.1 Å². The number of nitrogens with zero attached hydrogens (tertiary/aromatic N) is 3. The highest BCUT2D eigenvalue weighted by Crippen LogP contribution is 2.19. The third-order valence-electron chi connectivity index (χ3n) is 5.44. The molecular weight excluding hydrogens is 515 g/mol. The van der Waals surface area contributed by atoms with Gasteiger partial charge < -0.3 is 10.1 Å². The summed E-state index contributed by atoms with van der Waals surface area (Å²) in [6, 6.07) is 13.2. The standard InChI is InChI=1S/C24H25F2N5O3.2ClH/c25-20-5-4-18(15-21(20)26)22-6-7-23(32)31(29-22)16-17-2-1-3-19(14-17)28-24(33)34-13-12-30-10-8-27-9-11-30;;/h1-7,14-15,27H,8-13,16H2,(H,28,33);2*1H. The van der Waals surface area contributed by atoms with Crippen molar-refractivity contribution in [1.82, 2.24) is 20.0 Å². The van der Waals surface area contributed by atoms with Crippen LogP contribution in [0.15, 0.2) is 59.4 Å². The number of nitrogens with one attached hydrogen (secondary N) is 2. The molecule has 8 nitrogen and oxygen atoms in total. The number of aromatic nitrogens is 2. The third kappa shape index (κ3) is 7.99. The molecule has 194 valence electrons. The maximum Gasteiger partial charge on any atom is 0.411 e. The van der Waals surface area contributed by atoms with E-state index in [-0.39, 0.29) is 36.9 Å². The van der Waals surface area contributed by atoms with Crippen LogP contribution in [0.25, 0.3) is 11.3 Å². The molecule has 1 fully saturated rings. The summed E-state index contributed by atoms with van der Waals surface area (Å²) in [5.41, 5.74) is 1.58. The number of hydrogen-bond acceptors (Lipinski definition) is 6. The summed E-state index contributed by atoms with van der Waals surface area (Å²) in [5, 5.41) is 10.2. The van der Waals surface area contributed by atoms with E-state index in [2.05, 4.69) is 20.6 Å². The molecule has 1 aromatic heterocycles. The maximum absolute atomic E-state index is 13.6. The van der Waals surface area contributed by atoms with Crippen LogP contribution >= 0.6 is 24.8 Å². The van der Waals surface area contributed by atoms with Crippen LogP contribution in [-0.2, 0) is 11.3 Å². The fraction of sp³-hybridized carbons (Fsp3) is 0.292.